The van der Waals surface area contributed by atoms with E-state index in [-0.39, 0.29) is 11.9 Å². The van der Waals surface area contributed by atoms with Crippen LogP contribution < -0.4 is 11.3 Å². The van der Waals surface area contributed by atoms with E-state index in [9.17, 15) is 4.39 Å². The maximum Gasteiger partial charge on any atom is 0.123 e. The molecule has 0 bridgehead atoms. The average molecular weight is 245 g/mol. The van der Waals surface area contributed by atoms with Gasteiger partial charge < -0.3 is 0 Å². The van der Waals surface area contributed by atoms with E-state index in [4.69, 9.17) is 5.84 Å². The third-order valence-corrected chi connectivity index (χ3v) is 2.83. The molecule has 0 saturated heterocycles. The maximum absolute atomic E-state index is 13.4. The Morgan fingerprint density at radius 2 is 1.94 bits per heavy atom. The summed E-state index contributed by atoms with van der Waals surface area (Å²) in [5.41, 5.74) is 6.21. The number of hydrogen-bond acceptors (Lipinski definition) is 3. The molecule has 3 N–H and O–H groups in total. The molecule has 1 atom stereocenters. The van der Waals surface area contributed by atoms with Gasteiger partial charge in [-0.1, -0.05) is 12.1 Å². The van der Waals surface area contributed by atoms with E-state index in [0.29, 0.717) is 0 Å². The van der Waals surface area contributed by atoms with Gasteiger partial charge >= 0.3 is 0 Å². The minimum atomic E-state index is -0.259. The molecule has 0 aliphatic rings. The van der Waals surface area contributed by atoms with Gasteiger partial charge in [0.25, 0.3) is 0 Å². The number of rotatable bonds is 3. The summed E-state index contributed by atoms with van der Waals surface area (Å²) < 4.78 is 13.4. The number of aromatic nitrogens is 1. The predicted molar refractivity (Wildman–Crippen MR) is 69.3 cm³/mol. The van der Waals surface area contributed by atoms with E-state index in [0.717, 1.165) is 22.4 Å². The van der Waals surface area contributed by atoms with Crippen LogP contribution in [0.25, 0.3) is 0 Å². The molecule has 4 heteroatoms. The zero-order chi connectivity index (χ0) is 13.1. The van der Waals surface area contributed by atoms with Gasteiger partial charge in [-0.15, -0.1) is 0 Å². The fraction of sp³-hybridized carbons (Fsp3) is 0.214. The lowest BCUT2D eigenvalue weighted by atomic mass is 9.99. The van der Waals surface area contributed by atoms with E-state index >= 15 is 0 Å². The maximum atomic E-state index is 13.4. The first-order valence-corrected chi connectivity index (χ1v) is 5.76. The Morgan fingerprint density at radius 3 is 2.50 bits per heavy atom. The summed E-state index contributed by atoms with van der Waals surface area (Å²) in [6.45, 7) is 3.77. The molecule has 1 aromatic carbocycles. The second kappa shape index (κ2) is 5.25. The summed E-state index contributed by atoms with van der Waals surface area (Å²) in [5, 5.41) is 0. The van der Waals surface area contributed by atoms with E-state index in [2.05, 4.69) is 10.4 Å². The first-order chi connectivity index (χ1) is 8.60. The molecule has 1 aromatic heterocycles. The van der Waals surface area contributed by atoms with Crippen LogP contribution in [0, 0.1) is 19.7 Å². The molecule has 1 heterocycles. The van der Waals surface area contributed by atoms with Gasteiger partial charge in [-0.05, 0) is 48.7 Å². The quantitative estimate of drug-likeness (QED) is 0.645. The van der Waals surface area contributed by atoms with Crippen molar-refractivity contribution in [1.82, 2.24) is 10.4 Å². The molecule has 0 aliphatic heterocycles. The lowest BCUT2D eigenvalue weighted by Gasteiger charge is -2.17. The fourth-order valence-electron chi connectivity index (χ4n) is 1.97. The van der Waals surface area contributed by atoms with Gasteiger partial charge in [0.15, 0.2) is 0 Å². The molecular weight excluding hydrogens is 229 g/mol. The van der Waals surface area contributed by atoms with E-state index in [1.165, 1.54) is 12.1 Å². The van der Waals surface area contributed by atoms with Crippen LogP contribution in [0.2, 0.25) is 0 Å². The fourth-order valence-corrected chi connectivity index (χ4v) is 1.97. The summed E-state index contributed by atoms with van der Waals surface area (Å²) in [6.07, 6.45) is 1.75. The first-order valence-electron chi connectivity index (χ1n) is 5.76. The van der Waals surface area contributed by atoms with E-state index in [1.807, 2.05) is 32.0 Å². The second-order valence-electron chi connectivity index (χ2n) is 4.39. The molecule has 2 aromatic rings. The smallest absolute Gasteiger partial charge is 0.123 e. The first kappa shape index (κ1) is 12.7. The van der Waals surface area contributed by atoms with Gasteiger partial charge in [-0.3, -0.25) is 10.8 Å². The number of nitrogens with zero attached hydrogens (tertiary/aromatic N) is 1. The number of hydrogen-bond donors (Lipinski definition) is 2. The Bertz CT molecular complexity index is 517. The van der Waals surface area contributed by atoms with Crippen LogP contribution >= 0.6 is 0 Å². The summed E-state index contributed by atoms with van der Waals surface area (Å²) in [7, 11) is 0. The molecule has 18 heavy (non-hydrogen) atoms. The molecule has 0 spiro atoms. The van der Waals surface area contributed by atoms with Crippen molar-refractivity contribution in [1.29, 1.82) is 0 Å². The molecule has 94 valence electrons. The van der Waals surface area contributed by atoms with Gasteiger partial charge in [0, 0.05) is 11.9 Å². The average Bonchev–Trinajstić information content (AvgIpc) is 2.31. The number of nitrogens with two attached hydrogens (primary N) is 1. The third-order valence-electron chi connectivity index (χ3n) is 2.83. The van der Waals surface area contributed by atoms with Crippen LogP contribution in [0.5, 0.6) is 0 Å². The molecule has 3 nitrogen and oxygen atoms in total. The highest BCUT2D eigenvalue weighted by Gasteiger charge is 2.13. The molecular formula is C14H16FN3. The van der Waals surface area contributed by atoms with Crippen molar-refractivity contribution in [2.24, 2.45) is 5.84 Å². The number of pyridine rings is 1. The largest absolute Gasteiger partial charge is 0.271 e. The number of aryl methyl sites for hydroxylation is 2. The molecule has 0 amide bonds. The van der Waals surface area contributed by atoms with Crippen molar-refractivity contribution in [2.75, 3.05) is 0 Å². The van der Waals surface area contributed by atoms with Crippen molar-refractivity contribution < 1.29 is 4.39 Å². The topological polar surface area (TPSA) is 50.9 Å². The molecule has 2 rings (SSSR count). The highest BCUT2D eigenvalue weighted by molar-refractivity contribution is 5.33. The Hall–Kier alpha value is -1.78. The van der Waals surface area contributed by atoms with Gasteiger partial charge in [-0.2, -0.15) is 0 Å². The van der Waals surface area contributed by atoms with Crippen molar-refractivity contribution in [3.05, 3.63) is 64.7 Å². The normalized spacial score (nSPS) is 12.4. The Kier molecular flexibility index (Phi) is 3.69. The lowest BCUT2D eigenvalue weighted by Crippen LogP contribution is -2.29. The highest BCUT2D eigenvalue weighted by Crippen LogP contribution is 2.22. The number of benzene rings is 1. The standard InChI is InChI=1S/C14H16FN3/c1-9-5-12(7-13(15)6-9)14(18-16)11-4-3-10(2)17-8-11/h3-8,14,18H,16H2,1-2H3. The van der Waals surface area contributed by atoms with Crippen LogP contribution in [0.1, 0.15) is 28.4 Å². The lowest BCUT2D eigenvalue weighted by molar-refractivity contribution is 0.603. The second-order valence-corrected chi connectivity index (χ2v) is 4.39. The van der Waals surface area contributed by atoms with Crippen LogP contribution in [0.3, 0.4) is 0 Å². The zero-order valence-corrected chi connectivity index (χ0v) is 10.4. The van der Waals surface area contributed by atoms with Gasteiger partial charge in [0.1, 0.15) is 5.82 Å². The SMILES string of the molecule is Cc1cc(F)cc(C(NN)c2ccc(C)nc2)c1. The summed E-state index contributed by atoms with van der Waals surface area (Å²) >= 11 is 0. The summed E-state index contributed by atoms with van der Waals surface area (Å²) in [5.74, 6) is 5.32. The monoisotopic (exact) mass is 245 g/mol. The third kappa shape index (κ3) is 2.72. The van der Waals surface area contributed by atoms with Gasteiger partial charge in [0.05, 0.1) is 6.04 Å². The molecule has 1 unspecified atom stereocenters. The molecule has 0 radical (unpaired) electrons. The minimum absolute atomic E-state index is 0.257. The van der Waals surface area contributed by atoms with Crippen molar-refractivity contribution in [2.45, 2.75) is 19.9 Å². The zero-order valence-electron chi connectivity index (χ0n) is 10.4. The minimum Gasteiger partial charge on any atom is -0.271 e. The van der Waals surface area contributed by atoms with Crippen molar-refractivity contribution in [3.63, 3.8) is 0 Å². The highest BCUT2D eigenvalue weighted by atomic mass is 19.1. The Morgan fingerprint density at radius 1 is 1.17 bits per heavy atom. The van der Waals surface area contributed by atoms with Gasteiger partial charge in [0.2, 0.25) is 0 Å². The number of hydrazine groups is 1. The predicted octanol–water partition coefficient (Wildman–Crippen LogP) is 2.39. The Balaban J connectivity index is 2.41. The Labute approximate surface area is 106 Å². The summed E-state index contributed by atoms with van der Waals surface area (Å²) in [4.78, 5) is 4.23. The van der Waals surface area contributed by atoms with Crippen LogP contribution in [-0.2, 0) is 0 Å². The summed E-state index contributed by atoms with van der Waals surface area (Å²) in [6, 6.07) is 8.47. The van der Waals surface area contributed by atoms with Crippen LogP contribution in [0.4, 0.5) is 4.39 Å². The molecule has 0 aliphatic carbocycles. The van der Waals surface area contributed by atoms with E-state index < -0.39 is 0 Å². The number of nitrogens with one attached hydrogen (secondary N) is 1. The van der Waals surface area contributed by atoms with Crippen LogP contribution in [-0.4, -0.2) is 4.98 Å². The molecule has 0 fully saturated rings. The molecule has 0 saturated carbocycles. The van der Waals surface area contributed by atoms with Crippen LogP contribution in [0.15, 0.2) is 36.5 Å². The van der Waals surface area contributed by atoms with Crippen molar-refractivity contribution in [3.8, 4) is 0 Å². The van der Waals surface area contributed by atoms with E-state index in [1.54, 1.807) is 6.20 Å². The van der Waals surface area contributed by atoms with Gasteiger partial charge in [-0.25, -0.2) is 9.82 Å². The van der Waals surface area contributed by atoms with Crippen molar-refractivity contribution >= 4 is 0 Å². The number of halogens is 1.